The number of H-pyrrole nitrogens is 1. The van der Waals surface area contributed by atoms with Crippen LogP contribution >= 0.6 is 11.3 Å². The first-order valence-electron chi connectivity index (χ1n) is 7.69. The Morgan fingerprint density at radius 1 is 1.19 bits per heavy atom. The van der Waals surface area contributed by atoms with Crippen molar-refractivity contribution in [3.63, 3.8) is 0 Å². The number of hydrogen-bond acceptors (Lipinski definition) is 7. The van der Waals surface area contributed by atoms with E-state index in [4.69, 9.17) is 0 Å². The number of anilines is 2. The van der Waals surface area contributed by atoms with Gasteiger partial charge in [0.05, 0.1) is 5.69 Å². The summed E-state index contributed by atoms with van der Waals surface area (Å²) in [5, 5.41) is 23.4. The third kappa shape index (κ3) is 2.15. The van der Waals surface area contributed by atoms with E-state index in [0.717, 1.165) is 4.88 Å². The second kappa shape index (κ2) is 5.56. The van der Waals surface area contributed by atoms with E-state index in [9.17, 15) is 9.18 Å². The minimum atomic E-state index is -0.411. The molecule has 128 valence electrons. The first kappa shape index (κ1) is 14.9. The molecule has 1 aliphatic heterocycles. The highest BCUT2D eigenvalue weighted by molar-refractivity contribution is 7.10. The molecular weight excluding hydrogens is 357 g/mol. The monoisotopic (exact) mass is 367 g/mol. The van der Waals surface area contributed by atoms with Crippen molar-refractivity contribution in [2.45, 2.75) is 6.04 Å². The Hall–Kier alpha value is -3.40. The van der Waals surface area contributed by atoms with E-state index in [1.165, 1.54) is 23.5 Å². The van der Waals surface area contributed by atoms with Crippen LogP contribution in [0.3, 0.4) is 0 Å². The Morgan fingerprint density at radius 3 is 2.81 bits per heavy atom. The van der Waals surface area contributed by atoms with Crippen molar-refractivity contribution in [1.82, 2.24) is 30.4 Å². The van der Waals surface area contributed by atoms with Gasteiger partial charge in [-0.05, 0) is 46.1 Å². The van der Waals surface area contributed by atoms with Gasteiger partial charge in [-0.25, -0.2) is 9.49 Å². The van der Waals surface area contributed by atoms with E-state index in [-0.39, 0.29) is 11.4 Å². The molecule has 0 spiro atoms. The molecule has 2 N–H and O–H groups in total. The second-order valence-corrected chi connectivity index (χ2v) is 6.67. The van der Waals surface area contributed by atoms with Gasteiger partial charge in [0, 0.05) is 16.0 Å². The molecular formula is C16H10FN7OS. The van der Waals surface area contributed by atoms with Crippen LogP contribution < -0.4 is 10.9 Å². The lowest BCUT2D eigenvalue weighted by Gasteiger charge is -2.26. The van der Waals surface area contributed by atoms with E-state index in [2.05, 4.69) is 31.0 Å². The van der Waals surface area contributed by atoms with Gasteiger partial charge in [0.25, 0.3) is 5.56 Å². The predicted molar refractivity (Wildman–Crippen MR) is 92.9 cm³/mol. The molecule has 0 fully saturated rings. The summed E-state index contributed by atoms with van der Waals surface area (Å²) >= 11 is 1.53. The lowest BCUT2D eigenvalue weighted by molar-refractivity contribution is 0.574. The number of benzene rings is 1. The zero-order valence-electron chi connectivity index (χ0n) is 13.0. The summed E-state index contributed by atoms with van der Waals surface area (Å²) in [7, 11) is 0. The van der Waals surface area contributed by atoms with Crippen LogP contribution in [-0.4, -0.2) is 30.4 Å². The molecule has 10 heteroatoms. The summed E-state index contributed by atoms with van der Waals surface area (Å²) in [5.41, 5.74) is 1.81. The highest BCUT2D eigenvalue weighted by Crippen LogP contribution is 2.42. The van der Waals surface area contributed by atoms with Crippen molar-refractivity contribution in [2.75, 3.05) is 5.32 Å². The van der Waals surface area contributed by atoms with Crippen LogP contribution in [0.2, 0.25) is 0 Å². The summed E-state index contributed by atoms with van der Waals surface area (Å²) in [6.07, 6.45) is 0. The molecule has 0 amide bonds. The standard InChI is InChI=1S/C16H10FN7OS/c17-9-5-3-8(4-6-9)12-11-13(15(25)20-19-12)18-16-21-22-23-24(16)14(11)10-2-1-7-26-10/h1-7,14H,(H,20,25)(H,18,21,23). The molecule has 5 rings (SSSR count). The number of aromatic nitrogens is 6. The zero-order chi connectivity index (χ0) is 17.7. The van der Waals surface area contributed by atoms with E-state index in [0.29, 0.717) is 28.5 Å². The maximum absolute atomic E-state index is 13.3. The SMILES string of the molecule is O=c1[nH]nc(-c2ccc(F)cc2)c2c1Nc1nnnn1C2c1cccs1. The number of fused-ring (bicyclic) bond motifs is 2. The van der Waals surface area contributed by atoms with Gasteiger partial charge in [-0.15, -0.1) is 11.3 Å². The molecule has 1 atom stereocenters. The molecule has 1 aromatic carbocycles. The zero-order valence-corrected chi connectivity index (χ0v) is 13.9. The molecule has 4 aromatic rings. The topological polar surface area (TPSA) is 101 Å². The van der Waals surface area contributed by atoms with Crippen LogP contribution in [0.25, 0.3) is 11.3 Å². The fraction of sp³-hybridized carbons (Fsp3) is 0.0625. The number of aromatic amines is 1. The predicted octanol–water partition coefficient (Wildman–Crippen LogP) is 2.32. The highest BCUT2D eigenvalue weighted by Gasteiger charge is 2.34. The maximum Gasteiger partial charge on any atom is 0.288 e. The van der Waals surface area contributed by atoms with Gasteiger partial charge in [0.15, 0.2) is 0 Å². The lowest BCUT2D eigenvalue weighted by atomic mass is 9.96. The van der Waals surface area contributed by atoms with Gasteiger partial charge < -0.3 is 5.32 Å². The van der Waals surface area contributed by atoms with Crippen LogP contribution in [-0.2, 0) is 0 Å². The Balaban J connectivity index is 1.82. The summed E-state index contributed by atoms with van der Waals surface area (Å²) in [6.45, 7) is 0. The minimum Gasteiger partial charge on any atom is -0.318 e. The van der Waals surface area contributed by atoms with Crippen molar-refractivity contribution in [2.24, 2.45) is 0 Å². The molecule has 0 bridgehead atoms. The van der Waals surface area contributed by atoms with Gasteiger partial charge in [-0.3, -0.25) is 4.79 Å². The summed E-state index contributed by atoms with van der Waals surface area (Å²) in [4.78, 5) is 13.4. The molecule has 8 nitrogen and oxygen atoms in total. The summed E-state index contributed by atoms with van der Waals surface area (Å²) in [5.74, 6) is 0.0281. The van der Waals surface area contributed by atoms with Crippen LogP contribution in [0.15, 0.2) is 46.6 Å². The van der Waals surface area contributed by atoms with Crippen molar-refractivity contribution >= 4 is 23.0 Å². The highest BCUT2D eigenvalue weighted by atomic mass is 32.1. The molecule has 3 aromatic heterocycles. The molecule has 0 aliphatic carbocycles. The molecule has 0 radical (unpaired) electrons. The van der Waals surface area contributed by atoms with Crippen molar-refractivity contribution in [3.8, 4) is 11.3 Å². The van der Waals surface area contributed by atoms with Gasteiger partial charge in [0.1, 0.15) is 17.5 Å². The Morgan fingerprint density at radius 2 is 2.04 bits per heavy atom. The fourth-order valence-electron chi connectivity index (χ4n) is 3.08. The van der Waals surface area contributed by atoms with Crippen molar-refractivity contribution in [1.29, 1.82) is 0 Å². The van der Waals surface area contributed by atoms with Crippen molar-refractivity contribution < 1.29 is 4.39 Å². The minimum absolute atomic E-state index is 0.333. The summed E-state index contributed by atoms with van der Waals surface area (Å²) < 4.78 is 15.0. The fourth-order valence-corrected chi connectivity index (χ4v) is 3.89. The van der Waals surface area contributed by atoms with E-state index >= 15 is 0 Å². The summed E-state index contributed by atoms with van der Waals surface area (Å²) in [6, 6.07) is 9.41. The first-order chi connectivity index (χ1) is 12.7. The number of rotatable bonds is 2. The first-order valence-corrected chi connectivity index (χ1v) is 8.57. The normalized spacial score (nSPS) is 15.2. The Labute approximate surface area is 149 Å². The molecule has 0 saturated heterocycles. The van der Waals surface area contributed by atoms with Crippen LogP contribution in [0.4, 0.5) is 16.0 Å². The molecule has 1 unspecified atom stereocenters. The Kier molecular flexibility index (Phi) is 3.19. The smallest absolute Gasteiger partial charge is 0.288 e. The number of thiophene rings is 1. The number of halogens is 1. The van der Waals surface area contributed by atoms with E-state index in [1.807, 2.05) is 17.5 Å². The quantitative estimate of drug-likeness (QED) is 0.497. The van der Waals surface area contributed by atoms with Gasteiger partial charge in [0.2, 0.25) is 5.95 Å². The molecule has 4 heterocycles. The average molecular weight is 367 g/mol. The van der Waals surface area contributed by atoms with Gasteiger partial charge in [-0.1, -0.05) is 11.2 Å². The largest absolute Gasteiger partial charge is 0.318 e. The molecule has 26 heavy (non-hydrogen) atoms. The van der Waals surface area contributed by atoms with Gasteiger partial charge in [-0.2, -0.15) is 9.78 Å². The maximum atomic E-state index is 13.3. The second-order valence-electron chi connectivity index (χ2n) is 5.69. The number of tetrazole rings is 1. The van der Waals surface area contributed by atoms with Crippen LogP contribution in [0, 0.1) is 5.82 Å². The third-order valence-electron chi connectivity index (χ3n) is 4.20. The van der Waals surface area contributed by atoms with Crippen LogP contribution in [0.5, 0.6) is 0 Å². The molecule has 0 saturated carbocycles. The average Bonchev–Trinajstić information content (AvgIpc) is 3.33. The number of hydrogen-bond donors (Lipinski definition) is 2. The van der Waals surface area contributed by atoms with Crippen LogP contribution in [0.1, 0.15) is 16.5 Å². The van der Waals surface area contributed by atoms with E-state index < -0.39 is 6.04 Å². The third-order valence-corrected chi connectivity index (χ3v) is 5.12. The lowest BCUT2D eigenvalue weighted by Crippen LogP contribution is -2.28. The van der Waals surface area contributed by atoms with E-state index in [1.54, 1.807) is 16.8 Å². The van der Waals surface area contributed by atoms with Gasteiger partial charge >= 0.3 is 0 Å². The number of nitrogens with zero attached hydrogens (tertiary/aromatic N) is 5. The number of nitrogens with one attached hydrogen (secondary N) is 2. The molecule has 1 aliphatic rings. The van der Waals surface area contributed by atoms with Crippen molar-refractivity contribution in [3.05, 3.63) is 68.4 Å². The Bertz CT molecular complexity index is 1150.